The molecule has 1 atom stereocenters. The number of hydrogen-bond donors (Lipinski definition) is 1. The van der Waals surface area contributed by atoms with Crippen molar-refractivity contribution in [2.24, 2.45) is 0 Å². The second-order valence-electron chi connectivity index (χ2n) is 4.59. The van der Waals surface area contributed by atoms with Crippen LogP contribution in [0, 0.1) is 0 Å². The van der Waals surface area contributed by atoms with Crippen molar-refractivity contribution < 1.29 is 23.7 Å². The summed E-state index contributed by atoms with van der Waals surface area (Å²) in [6.07, 6.45) is 0.869. The highest BCUT2D eigenvalue weighted by Crippen LogP contribution is 2.07. The summed E-state index contributed by atoms with van der Waals surface area (Å²) < 4.78 is 20.9. The number of likely N-dealkylation sites (N-methyl/N-ethyl adjacent to an activating group) is 1. The average molecular weight is 291 g/mol. The van der Waals surface area contributed by atoms with E-state index in [0.717, 1.165) is 6.42 Å². The van der Waals surface area contributed by atoms with E-state index < -0.39 is 5.54 Å². The maximum Gasteiger partial charge on any atom is 0.328 e. The highest BCUT2D eigenvalue weighted by Gasteiger charge is 2.34. The van der Waals surface area contributed by atoms with Gasteiger partial charge in [0.15, 0.2) is 0 Å². The summed E-state index contributed by atoms with van der Waals surface area (Å²) >= 11 is 0. The lowest BCUT2D eigenvalue weighted by atomic mass is 10.0. The van der Waals surface area contributed by atoms with Gasteiger partial charge in [-0.25, -0.2) is 4.79 Å². The van der Waals surface area contributed by atoms with Crippen LogP contribution in [-0.2, 0) is 23.7 Å². The maximum absolute atomic E-state index is 11.9. The number of carbonyl (C=O) groups is 1. The normalized spacial score (nSPS) is 14.0. The van der Waals surface area contributed by atoms with E-state index >= 15 is 0 Å². The van der Waals surface area contributed by atoms with Gasteiger partial charge in [0.05, 0.1) is 26.4 Å². The van der Waals surface area contributed by atoms with Gasteiger partial charge in [-0.15, -0.1) is 0 Å². The van der Waals surface area contributed by atoms with E-state index in [2.05, 4.69) is 5.32 Å². The fourth-order valence-electron chi connectivity index (χ4n) is 1.66. The van der Waals surface area contributed by atoms with Gasteiger partial charge in [-0.05, 0) is 26.8 Å². The van der Waals surface area contributed by atoms with E-state index in [1.165, 1.54) is 0 Å². The molecule has 0 amide bonds. The molecule has 1 N–H and O–H groups in total. The van der Waals surface area contributed by atoms with Gasteiger partial charge in [0.25, 0.3) is 0 Å². The Bertz CT molecular complexity index is 250. The van der Waals surface area contributed by atoms with Crippen LogP contribution in [0.4, 0.5) is 0 Å². The molecule has 6 heteroatoms. The zero-order chi connectivity index (χ0) is 15.3. The Balaban J connectivity index is 3.83. The second-order valence-corrected chi connectivity index (χ2v) is 4.59. The Hall–Kier alpha value is -0.690. The predicted octanol–water partition coefficient (Wildman–Crippen LogP) is 0.987. The summed E-state index contributed by atoms with van der Waals surface area (Å²) in [5.41, 5.74) is -0.805. The Morgan fingerprint density at radius 3 is 2.40 bits per heavy atom. The first kappa shape index (κ1) is 19.3. The minimum Gasteiger partial charge on any atom is -0.465 e. The quantitative estimate of drug-likeness (QED) is 0.403. The highest BCUT2D eigenvalue weighted by molar-refractivity contribution is 5.80. The minimum absolute atomic E-state index is 0.265. The number of hydrogen-bond acceptors (Lipinski definition) is 6. The molecule has 0 aromatic carbocycles. The third-order valence-corrected chi connectivity index (χ3v) is 2.69. The molecule has 120 valence electrons. The lowest BCUT2D eigenvalue weighted by molar-refractivity contribution is -0.153. The van der Waals surface area contributed by atoms with Gasteiger partial charge in [-0.1, -0.05) is 6.92 Å². The molecule has 0 radical (unpaired) electrons. The summed E-state index contributed by atoms with van der Waals surface area (Å²) in [5, 5.41) is 3.11. The van der Waals surface area contributed by atoms with Crippen molar-refractivity contribution in [2.75, 3.05) is 53.3 Å². The van der Waals surface area contributed by atoms with Crippen LogP contribution < -0.4 is 5.32 Å². The number of esters is 1. The van der Waals surface area contributed by atoms with Crippen molar-refractivity contribution in [3.63, 3.8) is 0 Å². The third kappa shape index (κ3) is 8.47. The van der Waals surface area contributed by atoms with Crippen molar-refractivity contribution in [2.45, 2.75) is 32.7 Å². The molecule has 0 heterocycles. The fraction of sp³-hybridized carbons (Fsp3) is 0.929. The van der Waals surface area contributed by atoms with E-state index in [4.69, 9.17) is 18.9 Å². The van der Waals surface area contributed by atoms with E-state index in [0.29, 0.717) is 39.6 Å². The van der Waals surface area contributed by atoms with Gasteiger partial charge in [0.2, 0.25) is 0 Å². The molecular formula is C14H29NO5. The molecule has 6 nitrogen and oxygen atoms in total. The molecule has 0 aliphatic carbocycles. The molecule has 0 fully saturated rings. The predicted molar refractivity (Wildman–Crippen MR) is 76.8 cm³/mol. The monoisotopic (exact) mass is 291 g/mol. The van der Waals surface area contributed by atoms with Crippen LogP contribution >= 0.6 is 0 Å². The Morgan fingerprint density at radius 1 is 1.10 bits per heavy atom. The summed E-state index contributed by atoms with van der Waals surface area (Å²) in [6, 6.07) is 0. The van der Waals surface area contributed by atoms with Crippen molar-refractivity contribution in [3.05, 3.63) is 0 Å². The Labute approximate surface area is 122 Å². The van der Waals surface area contributed by atoms with Crippen molar-refractivity contribution >= 4 is 5.97 Å². The number of ether oxygens (including phenoxy) is 4. The first-order valence-electron chi connectivity index (χ1n) is 7.17. The number of rotatable bonds is 13. The average Bonchev–Trinajstić information content (AvgIpc) is 2.42. The molecular weight excluding hydrogens is 262 g/mol. The molecule has 0 bridgehead atoms. The van der Waals surface area contributed by atoms with Crippen LogP contribution in [0.3, 0.4) is 0 Å². The number of nitrogens with one attached hydrogen (secondary N) is 1. The molecule has 0 rings (SSSR count). The molecule has 1 unspecified atom stereocenters. The van der Waals surface area contributed by atoms with Gasteiger partial charge in [0.1, 0.15) is 5.54 Å². The summed E-state index contributed by atoms with van der Waals surface area (Å²) in [5.74, 6) is -0.289. The summed E-state index contributed by atoms with van der Waals surface area (Å²) in [6.45, 7) is 9.13. The Kier molecular flexibility index (Phi) is 11.7. The topological polar surface area (TPSA) is 66.0 Å². The molecule has 0 aromatic rings. The van der Waals surface area contributed by atoms with E-state index in [1.54, 1.807) is 21.0 Å². The lowest BCUT2D eigenvalue weighted by Crippen LogP contribution is -2.54. The minimum atomic E-state index is -0.805. The van der Waals surface area contributed by atoms with Crippen molar-refractivity contribution in [1.29, 1.82) is 0 Å². The molecule has 0 aliphatic rings. The molecule has 0 aromatic heterocycles. The van der Waals surface area contributed by atoms with Crippen LogP contribution in [0.15, 0.2) is 0 Å². The maximum atomic E-state index is 11.9. The van der Waals surface area contributed by atoms with Gasteiger partial charge in [0, 0.05) is 20.3 Å². The SMILES string of the molecule is CCNC(C)(COCCOCCCOC)C(=O)OCC. The molecule has 20 heavy (non-hydrogen) atoms. The molecule has 0 spiro atoms. The van der Waals surface area contributed by atoms with Crippen LogP contribution in [0.25, 0.3) is 0 Å². The third-order valence-electron chi connectivity index (χ3n) is 2.69. The standard InChI is InChI=1S/C14H29NO5/c1-5-15-14(3,13(16)20-6-2)12-19-11-10-18-9-7-8-17-4/h15H,5-12H2,1-4H3. The van der Waals surface area contributed by atoms with Crippen molar-refractivity contribution in [1.82, 2.24) is 5.32 Å². The van der Waals surface area contributed by atoms with E-state index in [-0.39, 0.29) is 12.6 Å². The van der Waals surface area contributed by atoms with E-state index in [1.807, 2.05) is 6.92 Å². The van der Waals surface area contributed by atoms with Gasteiger partial charge in [-0.2, -0.15) is 0 Å². The van der Waals surface area contributed by atoms with Gasteiger partial charge >= 0.3 is 5.97 Å². The van der Waals surface area contributed by atoms with E-state index in [9.17, 15) is 4.79 Å². The number of methoxy groups -OCH3 is 1. The first-order valence-corrected chi connectivity index (χ1v) is 7.17. The summed E-state index contributed by atoms with van der Waals surface area (Å²) in [7, 11) is 1.67. The molecule has 0 saturated carbocycles. The van der Waals surface area contributed by atoms with Crippen LogP contribution in [0.1, 0.15) is 27.2 Å². The molecule has 0 saturated heterocycles. The smallest absolute Gasteiger partial charge is 0.328 e. The number of carbonyl (C=O) groups excluding carboxylic acids is 1. The highest BCUT2D eigenvalue weighted by atomic mass is 16.5. The van der Waals surface area contributed by atoms with Gasteiger partial charge in [-0.3, -0.25) is 0 Å². The van der Waals surface area contributed by atoms with Crippen LogP contribution in [0.2, 0.25) is 0 Å². The van der Waals surface area contributed by atoms with Crippen LogP contribution in [-0.4, -0.2) is 64.8 Å². The van der Waals surface area contributed by atoms with Gasteiger partial charge < -0.3 is 24.3 Å². The largest absolute Gasteiger partial charge is 0.465 e. The summed E-state index contributed by atoms with van der Waals surface area (Å²) in [4.78, 5) is 11.9. The molecule has 0 aliphatic heterocycles. The van der Waals surface area contributed by atoms with Crippen molar-refractivity contribution in [3.8, 4) is 0 Å². The second kappa shape index (κ2) is 12.1. The fourth-order valence-corrected chi connectivity index (χ4v) is 1.66. The lowest BCUT2D eigenvalue weighted by Gasteiger charge is -2.27. The van der Waals surface area contributed by atoms with Crippen LogP contribution in [0.5, 0.6) is 0 Å². The Morgan fingerprint density at radius 2 is 1.80 bits per heavy atom. The first-order chi connectivity index (χ1) is 9.60. The zero-order valence-corrected chi connectivity index (χ0v) is 13.2. The zero-order valence-electron chi connectivity index (χ0n) is 13.2.